The Hall–Kier alpha value is -2.77. The van der Waals surface area contributed by atoms with E-state index in [2.05, 4.69) is 9.97 Å². The molecule has 0 bridgehead atoms. The molecule has 2 fully saturated rings. The number of thioether (sulfide) groups is 1. The van der Waals surface area contributed by atoms with Crippen molar-refractivity contribution in [2.75, 3.05) is 37.4 Å². The van der Waals surface area contributed by atoms with Crippen LogP contribution in [0.1, 0.15) is 55.8 Å². The maximum absolute atomic E-state index is 13.9. The Kier molecular flexibility index (Phi) is 9.21. The van der Waals surface area contributed by atoms with E-state index < -0.39 is 26.6 Å². The minimum absolute atomic E-state index is 0.131. The van der Waals surface area contributed by atoms with Gasteiger partial charge in [-0.05, 0) is 50.8 Å². The van der Waals surface area contributed by atoms with E-state index in [0.717, 1.165) is 32.1 Å². The molecule has 1 saturated heterocycles. The Balaban J connectivity index is 1.70. The monoisotopic (exact) mass is 563 g/mol. The quantitative estimate of drug-likeness (QED) is 0.129. The summed E-state index contributed by atoms with van der Waals surface area (Å²) in [6.07, 6.45) is 8.71. The van der Waals surface area contributed by atoms with E-state index in [1.165, 1.54) is 46.5 Å². The van der Waals surface area contributed by atoms with Crippen LogP contribution < -0.4 is 4.90 Å². The molecular formula is C25H33N5O6S2. The van der Waals surface area contributed by atoms with Gasteiger partial charge in [-0.1, -0.05) is 36.7 Å². The Morgan fingerprint density at radius 2 is 1.95 bits per heavy atom. The molecular weight excluding hydrogens is 530 g/mol. The zero-order valence-electron chi connectivity index (χ0n) is 21.6. The van der Waals surface area contributed by atoms with E-state index in [1.807, 2.05) is 11.2 Å². The van der Waals surface area contributed by atoms with E-state index in [0.29, 0.717) is 30.5 Å². The van der Waals surface area contributed by atoms with Crippen molar-refractivity contribution in [1.29, 1.82) is 0 Å². The first-order valence-electron chi connectivity index (χ1n) is 12.8. The molecule has 11 nitrogen and oxygen atoms in total. The molecule has 0 N–H and O–H groups in total. The van der Waals surface area contributed by atoms with Gasteiger partial charge in [0.05, 0.1) is 11.5 Å². The van der Waals surface area contributed by atoms with Crippen LogP contribution in [0.15, 0.2) is 40.5 Å². The number of anilines is 1. The van der Waals surface area contributed by atoms with Crippen LogP contribution in [0.2, 0.25) is 0 Å². The fourth-order valence-electron chi connectivity index (χ4n) is 5.28. The lowest BCUT2D eigenvalue weighted by Gasteiger charge is -2.33. The molecule has 1 saturated carbocycles. The predicted molar refractivity (Wildman–Crippen MR) is 144 cm³/mol. The third-order valence-corrected chi connectivity index (χ3v) is 9.55. The second-order valence-electron chi connectivity index (χ2n) is 9.50. The minimum Gasteiger partial charge on any atom is -0.462 e. The number of nitro benzene ring substituents is 1. The molecule has 1 aliphatic carbocycles. The molecule has 13 heteroatoms. The summed E-state index contributed by atoms with van der Waals surface area (Å²) in [4.78, 5) is 34.3. The van der Waals surface area contributed by atoms with Gasteiger partial charge in [-0.25, -0.2) is 23.2 Å². The van der Waals surface area contributed by atoms with Crippen LogP contribution in [0.5, 0.6) is 0 Å². The number of sulfonamides is 1. The molecule has 38 heavy (non-hydrogen) atoms. The topological polar surface area (TPSA) is 136 Å². The Bertz CT molecular complexity index is 1270. The first-order valence-corrected chi connectivity index (χ1v) is 15.5. The summed E-state index contributed by atoms with van der Waals surface area (Å²) < 4.78 is 34.5. The number of ether oxygens (including phenoxy) is 1. The van der Waals surface area contributed by atoms with Crippen LogP contribution in [0.25, 0.3) is 0 Å². The molecule has 0 spiro atoms. The fraction of sp³-hybridized carbons (Fsp3) is 0.560. The van der Waals surface area contributed by atoms with Gasteiger partial charge in [0.25, 0.3) is 5.69 Å². The maximum Gasteiger partial charge on any atom is 0.343 e. The third kappa shape index (κ3) is 6.10. The summed E-state index contributed by atoms with van der Waals surface area (Å²) in [5, 5.41) is 12.2. The number of hydrogen-bond acceptors (Lipinski definition) is 10. The first-order chi connectivity index (χ1) is 18.3. The highest BCUT2D eigenvalue weighted by Crippen LogP contribution is 2.34. The summed E-state index contributed by atoms with van der Waals surface area (Å²) in [5.41, 5.74) is -0.197. The molecule has 0 unspecified atom stereocenters. The molecule has 0 amide bonds. The number of para-hydroxylation sites is 1. The number of esters is 1. The van der Waals surface area contributed by atoms with Crippen molar-refractivity contribution in [2.45, 2.75) is 61.5 Å². The van der Waals surface area contributed by atoms with Crippen molar-refractivity contribution in [2.24, 2.45) is 5.92 Å². The second-order valence-corrected chi connectivity index (χ2v) is 12.2. The van der Waals surface area contributed by atoms with Crippen LogP contribution >= 0.6 is 11.8 Å². The van der Waals surface area contributed by atoms with Crippen molar-refractivity contribution in [3.8, 4) is 0 Å². The van der Waals surface area contributed by atoms with Crippen LogP contribution in [0.3, 0.4) is 0 Å². The van der Waals surface area contributed by atoms with E-state index in [-0.39, 0.29) is 35.6 Å². The predicted octanol–water partition coefficient (Wildman–Crippen LogP) is 4.13. The molecule has 2 heterocycles. The third-order valence-electron chi connectivity index (χ3n) is 7.10. The number of rotatable bonds is 11. The largest absolute Gasteiger partial charge is 0.462 e. The molecule has 206 valence electrons. The average Bonchev–Trinajstić information content (AvgIpc) is 3.60. The number of aromatic nitrogens is 2. The molecule has 1 atom stereocenters. The molecule has 1 aliphatic heterocycles. The lowest BCUT2D eigenvalue weighted by Crippen LogP contribution is -2.45. The number of benzene rings is 1. The van der Waals surface area contributed by atoms with Crippen LogP contribution in [-0.2, 0) is 14.8 Å². The molecule has 1 aromatic heterocycles. The van der Waals surface area contributed by atoms with E-state index in [4.69, 9.17) is 4.74 Å². The van der Waals surface area contributed by atoms with Crippen LogP contribution in [0, 0.1) is 16.0 Å². The Morgan fingerprint density at radius 1 is 1.21 bits per heavy atom. The molecule has 1 aromatic carbocycles. The van der Waals surface area contributed by atoms with Gasteiger partial charge in [-0.2, -0.15) is 4.31 Å². The SMILES string of the molecule is CCOC(=O)c1cnc(SC)nc1N1CCC[C@H]1CN(CC1CCCC1)S(=O)(=O)c1ccccc1[N+](=O)[O-]. The molecule has 2 aliphatic rings. The van der Waals surface area contributed by atoms with Crippen molar-refractivity contribution in [3.63, 3.8) is 0 Å². The summed E-state index contributed by atoms with van der Waals surface area (Å²) in [7, 11) is -4.17. The maximum atomic E-state index is 13.9. The number of carbonyl (C=O) groups excluding carboxylic acids is 1. The zero-order valence-corrected chi connectivity index (χ0v) is 23.2. The van der Waals surface area contributed by atoms with Gasteiger partial charge in [-0.3, -0.25) is 10.1 Å². The zero-order chi connectivity index (χ0) is 27.3. The first kappa shape index (κ1) is 28.2. The van der Waals surface area contributed by atoms with Gasteiger partial charge >= 0.3 is 5.97 Å². The van der Waals surface area contributed by atoms with Gasteiger partial charge in [-0.15, -0.1) is 0 Å². The van der Waals surface area contributed by atoms with Gasteiger partial charge in [0.1, 0.15) is 11.4 Å². The molecule has 2 aromatic rings. The summed E-state index contributed by atoms with van der Waals surface area (Å²) in [5.74, 6) is 0.0880. The fourth-order valence-corrected chi connectivity index (χ4v) is 7.33. The summed E-state index contributed by atoms with van der Waals surface area (Å²) >= 11 is 1.35. The van der Waals surface area contributed by atoms with Crippen molar-refractivity contribution in [1.82, 2.24) is 14.3 Å². The lowest BCUT2D eigenvalue weighted by atomic mass is 10.1. The van der Waals surface area contributed by atoms with Crippen molar-refractivity contribution < 1.29 is 22.9 Å². The standard InChI is InChI=1S/C25H33N5O6S2/c1-3-36-24(31)20-15-26-25(37-2)27-23(20)29-14-8-11-19(29)17-28(16-18-9-4-5-10-18)38(34,35)22-13-7-6-12-21(22)30(32)33/h6-7,12-13,15,18-19H,3-5,8-11,14,16-17H2,1-2H3/t19-/m0/s1. The summed E-state index contributed by atoms with van der Waals surface area (Å²) in [6, 6.07) is 5.22. The number of nitrogens with zero attached hydrogens (tertiary/aromatic N) is 5. The summed E-state index contributed by atoms with van der Waals surface area (Å²) in [6.45, 7) is 2.94. The highest BCUT2D eigenvalue weighted by Gasteiger charge is 2.38. The number of carbonyl (C=O) groups is 1. The molecule has 4 rings (SSSR count). The van der Waals surface area contributed by atoms with Gasteiger partial charge in [0, 0.05) is 37.9 Å². The average molecular weight is 564 g/mol. The Labute approximate surface area is 227 Å². The van der Waals surface area contributed by atoms with Gasteiger partial charge < -0.3 is 9.64 Å². The van der Waals surface area contributed by atoms with Crippen molar-refractivity contribution in [3.05, 3.63) is 46.1 Å². The smallest absolute Gasteiger partial charge is 0.343 e. The highest BCUT2D eigenvalue weighted by atomic mass is 32.2. The van der Waals surface area contributed by atoms with E-state index in [1.54, 1.807) is 6.92 Å². The number of nitro groups is 1. The second kappa shape index (κ2) is 12.4. The lowest BCUT2D eigenvalue weighted by molar-refractivity contribution is -0.387. The van der Waals surface area contributed by atoms with Crippen molar-refractivity contribution >= 4 is 39.3 Å². The minimum atomic E-state index is -4.17. The molecule has 0 radical (unpaired) electrons. The highest BCUT2D eigenvalue weighted by molar-refractivity contribution is 7.98. The van der Waals surface area contributed by atoms with Crippen LogP contribution in [-0.4, -0.2) is 72.1 Å². The number of hydrogen-bond donors (Lipinski definition) is 0. The normalized spacial score (nSPS) is 18.3. The van der Waals surface area contributed by atoms with Gasteiger partial charge in [0.2, 0.25) is 10.0 Å². The van der Waals surface area contributed by atoms with Crippen LogP contribution in [0.4, 0.5) is 11.5 Å². The Morgan fingerprint density at radius 3 is 2.63 bits per heavy atom. The van der Waals surface area contributed by atoms with Gasteiger partial charge in [0.15, 0.2) is 10.1 Å². The van der Waals surface area contributed by atoms with E-state index in [9.17, 15) is 23.3 Å². The van der Waals surface area contributed by atoms with E-state index >= 15 is 0 Å².